The summed E-state index contributed by atoms with van der Waals surface area (Å²) in [6, 6.07) is 10.1. The highest BCUT2D eigenvalue weighted by Crippen LogP contribution is 2.22. The number of carbonyl (C=O) groups excluding carboxylic acids is 1. The molecule has 3 heterocycles. The Kier molecular flexibility index (Phi) is 3.65. The molecule has 122 valence electrons. The molecule has 0 saturated carbocycles. The minimum absolute atomic E-state index is 0.0687. The van der Waals surface area contributed by atoms with Crippen molar-refractivity contribution in [3.05, 3.63) is 71.5 Å². The Bertz CT molecular complexity index is 866. The lowest BCUT2D eigenvalue weighted by molar-refractivity contribution is 0.0712. The van der Waals surface area contributed by atoms with Crippen molar-refractivity contribution in [1.82, 2.24) is 19.4 Å². The molecular weight excluding hydrogens is 304 g/mol. The van der Waals surface area contributed by atoms with Crippen molar-refractivity contribution >= 4 is 5.91 Å². The first kappa shape index (κ1) is 14.7. The van der Waals surface area contributed by atoms with Crippen LogP contribution < -0.4 is 0 Å². The maximum Gasteiger partial charge on any atom is 0.290 e. The third-order valence-corrected chi connectivity index (χ3v) is 4.27. The number of rotatable bonds is 3. The predicted molar refractivity (Wildman–Crippen MR) is 87.4 cm³/mol. The third kappa shape index (κ3) is 2.71. The van der Waals surface area contributed by atoms with Gasteiger partial charge in [-0.25, -0.2) is 9.97 Å². The van der Waals surface area contributed by atoms with Gasteiger partial charge < -0.3 is 13.9 Å². The molecule has 0 N–H and O–H groups in total. The Labute approximate surface area is 139 Å². The number of oxazole rings is 1. The van der Waals surface area contributed by atoms with E-state index in [1.165, 1.54) is 0 Å². The fourth-order valence-electron chi connectivity index (χ4n) is 2.98. The molecule has 0 fully saturated rings. The molecule has 1 aliphatic heterocycles. The standard InChI is InChI=1S/C18H18N4O2/c1-21-10-8-19-17(21)18(23)22-9-7-15-14(12-22)20-16(24-15)11-13-5-3-2-4-6-13/h2-6,8,10H,7,9,11-12H2,1H3. The van der Waals surface area contributed by atoms with Gasteiger partial charge in [-0.3, -0.25) is 4.79 Å². The Hall–Kier alpha value is -2.89. The zero-order chi connectivity index (χ0) is 16.5. The Morgan fingerprint density at radius 1 is 1.29 bits per heavy atom. The van der Waals surface area contributed by atoms with Gasteiger partial charge in [-0.15, -0.1) is 0 Å². The summed E-state index contributed by atoms with van der Waals surface area (Å²) in [6.07, 6.45) is 4.77. The Morgan fingerprint density at radius 3 is 2.88 bits per heavy atom. The molecule has 1 amide bonds. The number of aromatic nitrogens is 3. The maximum absolute atomic E-state index is 12.6. The highest BCUT2D eigenvalue weighted by molar-refractivity contribution is 5.90. The topological polar surface area (TPSA) is 64.2 Å². The van der Waals surface area contributed by atoms with Crippen LogP contribution in [0.3, 0.4) is 0 Å². The predicted octanol–water partition coefficient (Wildman–Crippen LogP) is 2.20. The molecular formula is C18H18N4O2. The molecule has 0 aliphatic carbocycles. The van der Waals surface area contributed by atoms with Crippen LogP contribution in [0.25, 0.3) is 0 Å². The average molecular weight is 322 g/mol. The van der Waals surface area contributed by atoms with Crippen molar-refractivity contribution in [3.8, 4) is 0 Å². The van der Waals surface area contributed by atoms with E-state index in [1.54, 1.807) is 21.9 Å². The zero-order valence-electron chi connectivity index (χ0n) is 13.5. The molecule has 6 nitrogen and oxygen atoms in total. The molecule has 0 bridgehead atoms. The van der Waals surface area contributed by atoms with Crippen LogP contribution in [0.4, 0.5) is 0 Å². The molecule has 3 aromatic rings. The lowest BCUT2D eigenvalue weighted by Gasteiger charge is -2.24. The van der Waals surface area contributed by atoms with Crippen LogP contribution >= 0.6 is 0 Å². The maximum atomic E-state index is 12.6. The number of nitrogens with zero attached hydrogens (tertiary/aromatic N) is 4. The van der Waals surface area contributed by atoms with E-state index in [9.17, 15) is 4.79 Å². The quantitative estimate of drug-likeness (QED) is 0.741. The van der Waals surface area contributed by atoms with Crippen molar-refractivity contribution < 1.29 is 9.21 Å². The highest BCUT2D eigenvalue weighted by Gasteiger charge is 2.27. The summed E-state index contributed by atoms with van der Waals surface area (Å²) in [5.74, 6) is 1.98. The SMILES string of the molecule is Cn1ccnc1C(=O)N1CCc2oc(Cc3ccccc3)nc2C1. The van der Waals surface area contributed by atoms with Crippen molar-refractivity contribution in [2.45, 2.75) is 19.4 Å². The van der Waals surface area contributed by atoms with Gasteiger partial charge in [0.1, 0.15) is 11.5 Å². The average Bonchev–Trinajstić information content (AvgIpc) is 3.19. The van der Waals surface area contributed by atoms with Crippen LogP contribution in [0, 0.1) is 0 Å². The van der Waals surface area contributed by atoms with Crippen LogP contribution in [-0.4, -0.2) is 31.9 Å². The van der Waals surface area contributed by atoms with Gasteiger partial charge in [-0.05, 0) is 5.56 Å². The number of hydrogen-bond donors (Lipinski definition) is 0. The first-order valence-corrected chi connectivity index (χ1v) is 7.98. The summed E-state index contributed by atoms with van der Waals surface area (Å²) in [7, 11) is 1.82. The number of amides is 1. The van der Waals surface area contributed by atoms with Crippen molar-refractivity contribution in [3.63, 3.8) is 0 Å². The largest absolute Gasteiger partial charge is 0.445 e. The number of benzene rings is 1. The van der Waals surface area contributed by atoms with E-state index < -0.39 is 0 Å². The van der Waals surface area contributed by atoms with Gasteiger partial charge >= 0.3 is 0 Å². The van der Waals surface area contributed by atoms with Crippen molar-refractivity contribution in [2.24, 2.45) is 7.05 Å². The van der Waals surface area contributed by atoms with Crippen LogP contribution in [0.5, 0.6) is 0 Å². The minimum Gasteiger partial charge on any atom is -0.445 e. The van der Waals surface area contributed by atoms with Gasteiger partial charge in [0.2, 0.25) is 0 Å². The second-order valence-electron chi connectivity index (χ2n) is 5.98. The number of carbonyl (C=O) groups is 1. The summed E-state index contributed by atoms with van der Waals surface area (Å²) in [5, 5.41) is 0. The summed E-state index contributed by atoms with van der Waals surface area (Å²) in [6.45, 7) is 1.10. The van der Waals surface area contributed by atoms with E-state index >= 15 is 0 Å². The van der Waals surface area contributed by atoms with Gasteiger partial charge in [0.15, 0.2) is 11.7 Å². The molecule has 0 unspecified atom stereocenters. The van der Waals surface area contributed by atoms with Crippen LogP contribution in [0.1, 0.15) is 33.5 Å². The second kappa shape index (κ2) is 5.96. The summed E-state index contributed by atoms with van der Waals surface area (Å²) in [5.41, 5.74) is 2.02. The van der Waals surface area contributed by atoms with Gasteiger partial charge in [-0.1, -0.05) is 30.3 Å². The van der Waals surface area contributed by atoms with E-state index in [2.05, 4.69) is 22.1 Å². The molecule has 6 heteroatoms. The van der Waals surface area contributed by atoms with E-state index in [0.29, 0.717) is 37.6 Å². The van der Waals surface area contributed by atoms with Crippen LogP contribution in [0.2, 0.25) is 0 Å². The fraction of sp³-hybridized carbons (Fsp3) is 0.278. The molecule has 1 aromatic carbocycles. The van der Waals surface area contributed by atoms with Crippen molar-refractivity contribution in [1.29, 1.82) is 0 Å². The minimum atomic E-state index is -0.0687. The van der Waals surface area contributed by atoms with Gasteiger partial charge in [0.05, 0.1) is 6.54 Å². The molecule has 4 rings (SSSR count). The lowest BCUT2D eigenvalue weighted by Crippen LogP contribution is -2.37. The fourth-order valence-corrected chi connectivity index (χ4v) is 2.98. The first-order valence-electron chi connectivity index (χ1n) is 7.98. The molecule has 0 radical (unpaired) electrons. The van der Waals surface area contributed by atoms with E-state index in [1.807, 2.05) is 25.2 Å². The normalized spacial score (nSPS) is 13.8. The monoisotopic (exact) mass is 322 g/mol. The van der Waals surface area contributed by atoms with E-state index in [4.69, 9.17) is 4.42 Å². The second-order valence-corrected chi connectivity index (χ2v) is 5.98. The molecule has 0 saturated heterocycles. The first-order chi connectivity index (χ1) is 11.7. The third-order valence-electron chi connectivity index (χ3n) is 4.27. The highest BCUT2D eigenvalue weighted by atomic mass is 16.4. The van der Waals surface area contributed by atoms with Gasteiger partial charge in [-0.2, -0.15) is 0 Å². The Balaban J connectivity index is 1.51. The van der Waals surface area contributed by atoms with Gasteiger partial charge in [0, 0.05) is 38.8 Å². The van der Waals surface area contributed by atoms with Crippen molar-refractivity contribution in [2.75, 3.05) is 6.54 Å². The van der Waals surface area contributed by atoms with Crippen LogP contribution in [-0.2, 0) is 26.4 Å². The number of aryl methyl sites for hydroxylation is 1. The van der Waals surface area contributed by atoms with Crippen LogP contribution in [0.15, 0.2) is 47.1 Å². The molecule has 2 aromatic heterocycles. The van der Waals surface area contributed by atoms with E-state index in [-0.39, 0.29) is 5.91 Å². The summed E-state index contributed by atoms with van der Waals surface area (Å²) < 4.78 is 7.62. The number of imidazole rings is 1. The van der Waals surface area contributed by atoms with E-state index in [0.717, 1.165) is 17.0 Å². The molecule has 0 atom stereocenters. The number of fused-ring (bicyclic) bond motifs is 1. The van der Waals surface area contributed by atoms with Gasteiger partial charge in [0.25, 0.3) is 5.91 Å². The molecule has 0 spiro atoms. The smallest absolute Gasteiger partial charge is 0.290 e. The molecule has 24 heavy (non-hydrogen) atoms. The lowest BCUT2D eigenvalue weighted by atomic mass is 10.1. The molecule has 1 aliphatic rings. The Morgan fingerprint density at radius 2 is 2.12 bits per heavy atom. The number of hydrogen-bond acceptors (Lipinski definition) is 4. The summed E-state index contributed by atoms with van der Waals surface area (Å²) in [4.78, 5) is 23.1. The zero-order valence-corrected chi connectivity index (χ0v) is 13.5. The summed E-state index contributed by atoms with van der Waals surface area (Å²) >= 11 is 0.